The topological polar surface area (TPSA) is 63.8 Å². The fraction of sp³-hybridized carbons (Fsp3) is 0. The van der Waals surface area contributed by atoms with E-state index in [2.05, 4.69) is 15.2 Å². The quantitative estimate of drug-likeness (QED) is 0.657. The summed E-state index contributed by atoms with van der Waals surface area (Å²) in [6.45, 7) is 0. The first-order chi connectivity index (χ1) is 5.88. The van der Waals surface area contributed by atoms with Crippen molar-refractivity contribution in [2.45, 2.75) is 0 Å². The Labute approximate surface area is 68.3 Å². The van der Waals surface area contributed by atoms with Crippen molar-refractivity contribution in [2.75, 3.05) is 0 Å². The first-order valence-electron chi connectivity index (χ1n) is 3.37. The van der Waals surface area contributed by atoms with Gasteiger partial charge in [0.1, 0.15) is 12.7 Å². The largest absolute Gasteiger partial charge is 0.504 e. The highest BCUT2D eigenvalue weighted by Gasteiger charge is 2.01. The van der Waals surface area contributed by atoms with Gasteiger partial charge in [0.05, 0.1) is 0 Å². The molecule has 2 aromatic rings. The molecule has 0 aliphatic rings. The van der Waals surface area contributed by atoms with Crippen LogP contribution in [0.2, 0.25) is 0 Å². The van der Waals surface area contributed by atoms with E-state index in [0.29, 0.717) is 5.82 Å². The van der Waals surface area contributed by atoms with Gasteiger partial charge in [0.25, 0.3) is 0 Å². The number of hydrogen-bond donors (Lipinski definition) is 1. The molecular weight excluding hydrogens is 156 g/mol. The molecule has 60 valence electrons. The van der Waals surface area contributed by atoms with Crippen LogP contribution in [0.3, 0.4) is 0 Å². The molecule has 0 aromatic carbocycles. The van der Waals surface area contributed by atoms with Crippen molar-refractivity contribution in [3.8, 4) is 11.6 Å². The summed E-state index contributed by atoms with van der Waals surface area (Å²) < 4.78 is 1.54. The van der Waals surface area contributed by atoms with Gasteiger partial charge in [-0.3, -0.25) is 4.57 Å². The van der Waals surface area contributed by atoms with Crippen LogP contribution >= 0.6 is 0 Å². The average Bonchev–Trinajstić information content (AvgIpc) is 2.57. The number of aromatic hydroxyl groups is 1. The number of rotatable bonds is 1. The Balaban J connectivity index is 2.55. The molecule has 2 aromatic heterocycles. The average molecular weight is 162 g/mol. The Morgan fingerprint density at radius 1 is 1.25 bits per heavy atom. The molecular formula is C7H6N4O. The summed E-state index contributed by atoms with van der Waals surface area (Å²) in [5.74, 6) is 0.541. The van der Waals surface area contributed by atoms with Gasteiger partial charge in [-0.2, -0.15) is 0 Å². The van der Waals surface area contributed by atoms with Crippen LogP contribution in [0.25, 0.3) is 5.82 Å². The normalized spacial score (nSPS) is 10.0. The predicted molar refractivity (Wildman–Crippen MR) is 40.8 cm³/mol. The summed E-state index contributed by atoms with van der Waals surface area (Å²) >= 11 is 0. The van der Waals surface area contributed by atoms with E-state index in [-0.39, 0.29) is 5.75 Å². The van der Waals surface area contributed by atoms with E-state index in [1.54, 1.807) is 18.3 Å². The minimum absolute atomic E-state index is 0.109. The van der Waals surface area contributed by atoms with Gasteiger partial charge in [0.2, 0.25) is 0 Å². The van der Waals surface area contributed by atoms with Crippen LogP contribution in [0, 0.1) is 0 Å². The third-order valence-corrected chi connectivity index (χ3v) is 1.43. The molecule has 0 aliphatic heterocycles. The van der Waals surface area contributed by atoms with E-state index in [1.165, 1.54) is 17.2 Å². The third-order valence-electron chi connectivity index (χ3n) is 1.43. The smallest absolute Gasteiger partial charge is 0.181 e. The summed E-state index contributed by atoms with van der Waals surface area (Å²) in [5.41, 5.74) is 0. The Bertz CT molecular complexity index is 371. The van der Waals surface area contributed by atoms with Crippen molar-refractivity contribution >= 4 is 0 Å². The minimum atomic E-state index is 0.109. The monoisotopic (exact) mass is 162 g/mol. The van der Waals surface area contributed by atoms with Crippen LogP contribution in [0.1, 0.15) is 0 Å². The molecule has 0 atom stereocenters. The van der Waals surface area contributed by atoms with E-state index in [4.69, 9.17) is 0 Å². The lowest BCUT2D eigenvalue weighted by Crippen LogP contribution is -1.93. The predicted octanol–water partition coefficient (Wildman–Crippen LogP) is 0.368. The minimum Gasteiger partial charge on any atom is -0.504 e. The molecule has 2 rings (SSSR count). The van der Waals surface area contributed by atoms with Crippen LogP contribution in [0.5, 0.6) is 5.75 Å². The molecule has 2 heterocycles. The van der Waals surface area contributed by atoms with E-state index >= 15 is 0 Å². The lowest BCUT2D eigenvalue weighted by atomic mass is 10.4. The summed E-state index contributed by atoms with van der Waals surface area (Å²) in [6.07, 6.45) is 4.54. The third kappa shape index (κ3) is 1.01. The molecule has 1 N–H and O–H groups in total. The number of nitrogens with zero attached hydrogens (tertiary/aromatic N) is 4. The number of hydrogen-bond acceptors (Lipinski definition) is 4. The number of aromatic nitrogens is 4. The maximum absolute atomic E-state index is 9.34. The first-order valence-corrected chi connectivity index (χ1v) is 3.37. The van der Waals surface area contributed by atoms with Crippen molar-refractivity contribution in [3.63, 3.8) is 0 Å². The van der Waals surface area contributed by atoms with Crippen LogP contribution in [-0.2, 0) is 0 Å². The van der Waals surface area contributed by atoms with Gasteiger partial charge in [0.15, 0.2) is 11.6 Å². The van der Waals surface area contributed by atoms with Gasteiger partial charge in [0, 0.05) is 6.20 Å². The van der Waals surface area contributed by atoms with Gasteiger partial charge in [-0.15, -0.1) is 10.2 Å². The highest BCUT2D eigenvalue weighted by atomic mass is 16.3. The van der Waals surface area contributed by atoms with E-state index in [0.717, 1.165) is 0 Å². The van der Waals surface area contributed by atoms with Crippen LogP contribution in [0.4, 0.5) is 0 Å². The summed E-state index contributed by atoms with van der Waals surface area (Å²) in [6, 6.07) is 3.21. The Morgan fingerprint density at radius 3 is 2.67 bits per heavy atom. The summed E-state index contributed by atoms with van der Waals surface area (Å²) in [5, 5.41) is 16.5. The van der Waals surface area contributed by atoms with Crippen LogP contribution in [-0.4, -0.2) is 24.9 Å². The van der Waals surface area contributed by atoms with Gasteiger partial charge in [-0.05, 0) is 12.1 Å². The highest BCUT2D eigenvalue weighted by Crippen LogP contribution is 2.15. The molecule has 0 amide bonds. The van der Waals surface area contributed by atoms with E-state index < -0.39 is 0 Å². The molecule has 0 saturated carbocycles. The second-order valence-electron chi connectivity index (χ2n) is 2.22. The zero-order valence-corrected chi connectivity index (χ0v) is 6.12. The van der Waals surface area contributed by atoms with Gasteiger partial charge in [-0.25, -0.2) is 4.98 Å². The standard InChI is InChI=1S/C7H6N4O/c12-6-2-1-3-8-7(6)11-4-9-10-5-11/h1-5,12H. The SMILES string of the molecule is Oc1cccnc1-n1cnnc1. The zero-order valence-electron chi connectivity index (χ0n) is 6.12. The Hall–Kier alpha value is -1.91. The van der Waals surface area contributed by atoms with Crippen molar-refractivity contribution in [3.05, 3.63) is 31.0 Å². The van der Waals surface area contributed by atoms with Crippen molar-refractivity contribution in [1.82, 2.24) is 19.7 Å². The molecule has 5 heteroatoms. The zero-order chi connectivity index (χ0) is 8.39. The van der Waals surface area contributed by atoms with Gasteiger partial charge < -0.3 is 5.11 Å². The summed E-state index contributed by atoms with van der Waals surface area (Å²) in [7, 11) is 0. The molecule has 0 unspecified atom stereocenters. The Kier molecular flexibility index (Phi) is 1.48. The summed E-state index contributed by atoms with van der Waals surface area (Å²) in [4.78, 5) is 3.95. The van der Waals surface area contributed by atoms with Crippen LogP contribution < -0.4 is 0 Å². The molecule has 5 nitrogen and oxygen atoms in total. The number of pyridine rings is 1. The van der Waals surface area contributed by atoms with E-state index in [9.17, 15) is 5.11 Å². The van der Waals surface area contributed by atoms with Gasteiger partial charge in [-0.1, -0.05) is 0 Å². The molecule has 0 radical (unpaired) electrons. The fourth-order valence-corrected chi connectivity index (χ4v) is 0.898. The van der Waals surface area contributed by atoms with Crippen molar-refractivity contribution < 1.29 is 5.11 Å². The van der Waals surface area contributed by atoms with Crippen LogP contribution in [0.15, 0.2) is 31.0 Å². The molecule has 12 heavy (non-hydrogen) atoms. The maximum atomic E-state index is 9.34. The molecule has 0 aliphatic carbocycles. The Morgan fingerprint density at radius 2 is 2.00 bits per heavy atom. The highest BCUT2D eigenvalue weighted by molar-refractivity contribution is 5.37. The lowest BCUT2D eigenvalue weighted by Gasteiger charge is -2.00. The molecule has 0 saturated heterocycles. The first kappa shape index (κ1) is 6.78. The second kappa shape index (κ2) is 2.61. The van der Waals surface area contributed by atoms with Crippen molar-refractivity contribution in [1.29, 1.82) is 0 Å². The fourth-order valence-electron chi connectivity index (χ4n) is 0.898. The molecule has 0 fully saturated rings. The van der Waals surface area contributed by atoms with Gasteiger partial charge >= 0.3 is 0 Å². The van der Waals surface area contributed by atoms with Crippen molar-refractivity contribution in [2.24, 2.45) is 0 Å². The molecule has 0 bridgehead atoms. The maximum Gasteiger partial charge on any atom is 0.181 e. The van der Waals surface area contributed by atoms with E-state index in [1.807, 2.05) is 0 Å². The molecule has 0 spiro atoms. The lowest BCUT2D eigenvalue weighted by molar-refractivity contribution is 0.469. The second-order valence-corrected chi connectivity index (χ2v) is 2.22.